The van der Waals surface area contributed by atoms with E-state index in [0.29, 0.717) is 29.1 Å². The number of benzene rings is 1. The molecule has 0 aliphatic carbocycles. The van der Waals surface area contributed by atoms with Gasteiger partial charge >= 0.3 is 0 Å². The number of pyridine rings is 2. The molecule has 0 bridgehead atoms. The second-order valence-corrected chi connectivity index (χ2v) is 10.9. The maximum Gasteiger partial charge on any atom is 0.244 e. The smallest absolute Gasteiger partial charge is 0.244 e. The molecule has 0 spiro atoms. The number of thioether (sulfide) groups is 1. The van der Waals surface area contributed by atoms with Crippen molar-refractivity contribution in [1.82, 2.24) is 25.5 Å². The van der Waals surface area contributed by atoms with Gasteiger partial charge in [-0.2, -0.15) is 0 Å². The summed E-state index contributed by atoms with van der Waals surface area (Å²) < 4.78 is 0. The van der Waals surface area contributed by atoms with Crippen LogP contribution in [0.25, 0.3) is 6.08 Å². The topological polar surface area (TPSA) is 104 Å². The highest BCUT2D eigenvalue weighted by Gasteiger charge is 2.26. The van der Waals surface area contributed by atoms with Crippen LogP contribution >= 0.6 is 23.4 Å². The molecule has 0 radical (unpaired) electrons. The van der Waals surface area contributed by atoms with Crippen molar-refractivity contribution in [3.05, 3.63) is 95.5 Å². The van der Waals surface area contributed by atoms with Gasteiger partial charge in [0.05, 0.1) is 6.54 Å². The van der Waals surface area contributed by atoms with Crippen LogP contribution in [0, 0.1) is 0 Å². The van der Waals surface area contributed by atoms with Crippen molar-refractivity contribution in [3.8, 4) is 0 Å². The number of hydrogen-bond donors (Lipinski definition) is 2. The first-order valence-electron chi connectivity index (χ1n) is 12.7. The minimum atomic E-state index is -0.891. The van der Waals surface area contributed by atoms with E-state index in [1.165, 1.54) is 11.0 Å². The molecule has 10 heteroatoms. The number of carbonyl (C=O) groups is 3. The Balaban J connectivity index is 1.29. The predicted molar refractivity (Wildman–Crippen MR) is 153 cm³/mol. The summed E-state index contributed by atoms with van der Waals surface area (Å²) in [5.74, 6) is -1.01. The van der Waals surface area contributed by atoms with Gasteiger partial charge < -0.3 is 15.5 Å². The fourth-order valence-corrected chi connectivity index (χ4v) is 5.37. The van der Waals surface area contributed by atoms with E-state index in [0.717, 1.165) is 18.4 Å². The molecule has 1 aliphatic heterocycles. The van der Waals surface area contributed by atoms with Gasteiger partial charge in [0, 0.05) is 65.0 Å². The number of carbonyl (C=O) groups excluding carboxylic acids is 3. The van der Waals surface area contributed by atoms with Gasteiger partial charge in [-0.15, -0.1) is 11.8 Å². The normalized spacial score (nSPS) is 14.6. The van der Waals surface area contributed by atoms with E-state index in [4.69, 9.17) is 11.6 Å². The van der Waals surface area contributed by atoms with E-state index in [1.54, 1.807) is 77.7 Å². The quantitative estimate of drug-likeness (QED) is 0.364. The lowest BCUT2D eigenvalue weighted by atomic mass is 10.1. The third kappa shape index (κ3) is 9.23. The van der Waals surface area contributed by atoms with Gasteiger partial charge in [0.2, 0.25) is 17.7 Å². The highest BCUT2D eigenvalue weighted by Crippen LogP contribution is 2.29. The summed E-state index contributed by atoms with van der Waals surface area (Å²) in [6, 6.07) is 15.5. The number of amides is 3. The summed E-state index contributed by atoms with van der Waals surface area (Å²) in [4.78, 5) is 49.8. The zero-order chi connectivity index (χ0) is 27.5. The van der Waals surface area contributed by atoms with Gasteiger partial charge in [0.15, 0.2) is 0 Å². The Hall–Kier alpha value is -3.69. The van der Waals surface area contributed by atoms with Crippen LogP contribution in [-0.4, -0.2) is 63.5 Å². The Morgan fingerprint density at radius 3 is 2.46 bits per heavy atom. The zero-order valence-corrected chi connectivity index (χ0v) is 22.9. The summed E-state index contributed by atoms with van der Waals surface area (Å²) in [5, 5.41) is 6.49. The minimum absolute atomic E-state index is 0.129. The Kier molecular flexibility index (Phi) is 10.5. The molecule has 3 aromatic rings. The highest BCUT2D eigenvalue weighted by molar-refractivity contribution is 8.00. The van der Waals surface area contributed by atoms with Crippen molar-refractivity contribution < 1.29 is 14.4 Å². The minimum Gasteiger partial charge on any atom is -0.345 e. The molecule has 0 saturated carbocycles. The van der Waals surface area contributed by atoms with Crippen molar-refractivity contribution >= 4 is 47.2 Å². The largest absolute Gasteiger partial charge is 0.345 e. The first kappa shape index (κ1) is 28.3. The van der Waals surface area contributed by atoms with E-state index >= 15 is 0 Å². The number of hydrogen-bond acceptors (Lipinski definition) is 6. The molecule has 3 amide bonds. The molecule has 1 saturated heterocycles. The molecule has 1 fully saturated rings. The maximum absolute atomic E-state index is 13.1. The Morgan fingerprint density at radius 1 is 1.03 bits per heavy atom. The van der Waals surface area contributed by atoms with Crippen LogP contribution in [0.1, 0.15) is 24.1 Å². The van der Waals surface area contributed by atoms with E-state index in [-0.39, 0.29) is 18.9 Å². The van der Waals surface area contributed by atoms with E-state index < -0.39 is 17.9 Å². The first-order valence-corrected chi connectivity index (χ1v) is 14.0. The number of aromatic nitrogens is 2. The average Bonchev–Trinajstić information content (AvgIpc) is 2.96. The average molecular weight is 564 g/mol. The van der Waals surface area contributed by atoms with Crippen LogP contribution in [0.4, 0.5) is 0 Å². The highest BCUT2D eigenvalue weighted by atomic mass is 35.5. The molecular formula is C29H30ClN5O3S. The van der Waals surface area contributed by atoms with Crippen LogP contribution in [0.5, 0.6) is 0 Å². The lowest BCUT2D eigenvalue weighted by Gasteiger charge is -2.32. The van der Waals surface area contributed by atoms with E-state index in [1.807, 2.05) is 18.2 Å². The summed E-state index contributed by atoms with van der Waals surface area (Å²) in [7, 11) is 0. The van der Waals surface area contributed by atoms with Crippen molar-refractivity contribution in [3.63, 3.8) is 0 Å². The summed E-state index contributed by atoms with van der Waals surface area (Å²) in [5.41, 5.74) is 1.45. The number of rotatable bonds is 10. The van der Waals surface area contributed by atoms with Gasteiger partial charge in [-0.1, -0.05) is 29.8 Å². The number of halogens is 1. The molecule has 202 valence electrons. The van der Waals surface area contributed by atoms with Crippen LogP contribution in [-0.2, 0) is 20.8 Å². The van der Waals surface area contributed by atoms with E-state index in [9.17, 15) is 14.4 Å². The predicted octanol–water partition coefficient (Wildman–Crippen LogP) is 3.77. The lowest BCUT2D eigenvalue weighted by Crippen LogP contribution is -2.51. The SMILES string of the molecule is O=C(/C=C/c1ccc(Cl)cc1)N[C@@H](Cc1ccccn1)C(=O)NCC(=O)N1CCC(Sc2ccncc2)CC1. The molecule has 2 aromatic heterocycles. The number of nitrogens with zero attached hydrogens (tertiary/aromatic N) is 3. The molecular weight excluding hydrogens is 534 g/mol. The van der Waals surface area contributed by atoms with Crippen molar-refractivity contribution in [2.24, 2.45) is 0 Å². The fraction of sp³-hybridized carbons (Fsp3) is 0.276. The summed E-state index contributed by atoms with van der Waals surface area (Å²) in [6.45, 7) is 1.15. The standard InChI is InChI=1S/C29H30ClN5O3S/c30-22-7-4-21(5-8-22)6-9-27(36)34-26(19-23-3-1-2-14-32-23)29(38)33-20-28(37)35-17-12-25(13-18-35)39-24-10-15-31-16-11-24/h1-11,14-16,25-26H,12-13,17-20H2,(H,33,38)(H,34,36)/b9-6+/t26-/m0/s1. The molecule has 1 aromatic carbocycles. The fourth-order valence-electron chi connectivity index (χ4n) is 4.13. The molecule has 39 heavy (non-hydrogen) atoms. The van der Waals surface area contributed by atoms with E-state index in [2.05, 4.69) is 20.6 Å². The van der Waals surface area contributed by atoms with Crippen LogP contribution in [0.3, 0.4) is 0 Å². The van der Waals surface area contributed by atoms with Crippen molar-refractivity contribution in [2.75, 3.05) is 19.6 Å². The molecule has 1 atom stereocenters. The maximum atomic E-state index is 13.1. The molecule has 4 rings (SSSR count). The van der Waals surface area contributed by atoms with Crippen molar-refractivity contribution in [1.29, 1.82) is 0 Å². The number of likely N-dealkylation sites (tertiary alicyclic amines) is 1. The molecule has 2 N–H and O–H groups in total. The van der Waals surface area contributed by atoms with Crippen molar-refractivity contribution in [2.45, 2.75) is 35.4 Å². The summed E-state index contributed by atoms with van der Waals surface area (Å²) >= 11 is 7.71. The zero-order valence-electron chi connectivity index (χ0n) is 21.3. The number of piperidine rings is 1. The summed E-state index contributed by atoms with van der Waals surface area (Å²) in [6.07, 6.45) is 10.1. The first-order chi connectivity index (χ1) is 19.0. The Bertz CT molecular complexity index is 1270. The third-order valence-electron chi connectivity index (χ3n) is 6.23. The van der Waals surface area contributed by atoms with Crippen LogP contribution in [0.2, 0.25) is 5.02 Å². The second-order valence-electron chi connectivity index (χ2n) is 9.07. The lowest BCUT2D eigenvalue weighted by molar-refractivity contribution is -0.134. The van der Waals surface area contributed by atoms with Gasteiger partial charge in [0.25, 0.3) is 0 Å². The number of nitrogens with one attached hydrogen (secondary N) is 2. The van der Waals surface area contributed by atoms with Crippen LogP contribution < -0.4 is 10.6 Å². The Morgan fingerprint density at radius 2 is 1.77 bits per heavy atom. The third-order valence-corrected chi connectivity index (χ3v) is 7.83. The second kappa shape index (κ2) is 14.5. The van der Waals surface area contributed by atoms with Gasteiger partial charge in [-0.25, -0.2) is 0 Å². The molecule has 0 unspecified atom stereocenters. The monoisotopic (exact) mass is 563 g/mol. The Labute approximate surface area is 237 Å². The van der Waals surface area contributed by atoms with Gasteiger partial charge in [-0.05, 0) is 60.9 Å². The molecule has 8 nitrogen and oxygen atoms in total. The van der Waals surface area contributed by atoms with Gasteiger partial charge in [-0.3, -0.25) is 24.4 Å². The molecule has 1 aliphatic rings. The molecule has 3 heterocycles. The van der Waals surface area contributed by atoms with Gasteiger partial charge in [0.1, 0.15) is 6.04 Å². The van der Waals surface area contributed by atoms with Crippen LogP contribution in [0.15, 0.2) is 84.2 Å².